The lowest BCUT2D eigenvalue weighted by atomic mass is 10.00. The van der Waals surface area contributed by atoms with Gasteiger partial charge in [-0.2, -0.15) is 0 Å². The zero-order chi connectivity index (χ0) is 25.7. The van der Waals surface area contributed by atoms with Gasteiger partial charge >= 0.3 is 0 Å². The van der Waals surface area contributed by atoms with E-state index >= 15 is 0 Å². The van der Waals surface area contributed by atoms with Crippen LogP contribution in [0.4, 0.5) is 4.39 Å². The summed E-state index contributed by atoms with van der Waals surface area (Å²) in [6.45, 7) is 5.37. The molecule has 3 aromatic rings. The van der Waals surface area contributed by atoms with Crippen molar-refractivity contribution in [2.75, 3.05) is 26.2 Å². The maximum absolute atomic E-state index is 13.7. The molecule has 0 aliphatic carbocycles. The van der Waals surface area contributed by atoms with E-state index in [-0.39, 0.29) is 30.3 Å². The molecule has 36 heavy (non-hydrogen) atoms. The van der Waals surface area contributed by atoms with Gasteiger partial charge in [0.1, 0.15) is 24.7 Å². The van der Waals surface area contributed by atoms with Crippen molar-refractivity contribution in [1.29, 1.82) is 0 Å². The Kier molecular flexibility index (Phi) is 8.64. The number of ether oxygens (including phenoxy) is 1. The lowest BCUT2D eigenvalue weighted by Gasteiger charge is -2.37. The monoisotopic (exact) mass is 528 g/mol. The van der Waals surface area contributed by atoms with Crippen LogP contribution in [-0.2, 0) is 11.2 Å². The summed E-state index contributed by atoms with van der Waals surface area (Å²) in [5, 5.41) is 2.67. The van der Waals surface area contributed by atoms with Gasteiger partial charge in [-0.3, -0.25) is 9.59 Å². The first-order chi connectivity index (χ1) is 17.4. The first kappa shape index (κ1) is 26.2. The Morgan fingerprint density at radius 2 is 1.89 bits per heavy atom. The molecule has 0 radical (unpaired) electrons. The van der Waals surface area contributed by atoms with E-state index in [1.54, 1.807) is 40.5 Å². The van der Waals surface area contributed by atoms with Gasteiger partial charge in [-0.1, -0.05) is 31.9 Å². The third-order valence-corrected chi connectivity index (χ3v) is 7.82. The summed E-state index contributed by atoms with van der Waals surface area (Å²) in [5.74, 6) is 0.0933. The van der Waals surface area contributed by atoms with Crippen LogP contribution in [0.1, 0.15) is 47.1 Å². The molecule has 0 spiro atoms. The third-order valence-electron chi connectivity index (χ3n) is 6.57. The normalized spacial score (nSPS) is 15.8. The van der Waals surface area contributed by atoms with Crippen LogP contribution in [0.5, 0.6) is 5.75 Å². The van der Waals surface area contributed by atoms with E-state index in [9.17, 15) is 14.0 Å². The molecule has 1 aliphatic heterocycles. The molecule has 2 amide bonds. The van der Waals surface area contributed by atoms with Gasteiger partial charge in [-0.15, -0.1) is 11.3 Å². The SMILES string of the molecule is CC[C@H](C)CN(CC(=O)N1CCc2sccc2[C@H]1COc1ccc(Cl)cc1)C(=O)c1ccc(F)cc1. The molecule has 0 unspecified atom stereocenters. The van der Waals surface area contributed by atoms with E-state index < -0.39 is 5.82 Å². The summed E-state index contributed by atoms with van der Waals surface area (Å²) in [4.78, 5) is 31.6. The molecule has 2 heterocycles. The van der Waals surface area contributed by atoms with Gasteiger partial charge < -0.3 is 14.5 Å². The minimum atomic E-state index is -0.403. The van der Waals surface area contributed by atoms with Crippen LogP contribution in [0.15, 0.2) is 60.0 Å². The number of halogens is 2. The van der Waals surface area contributed by atoms with Gasteiger partial charge in [0.15, 0.2) is 0 Å². The average Bonchev–Trinajstić information content (AvgIpc) is 3.37. The molecule has 0 fully saturated rings. The van der Waals surface area contributed by atoms with Crippen LogP contribution in [0, 0.1) is 11.7 Å². The van der Waals surface area contributed by atoms with Gasteiger partial charge in [-0.05, 0) is 77.9 Å². The van der Waals surface area contributed by atoms with Crippen LogP contribution < -0.4 is 4.74 Å². The second kappa shape index (κ2) is 11.9. The largest absolute Gasteiger partial charge is 0.491 e. The molecule has 2 atom stereocenters. The average molecular weight is 529 g/mol. The minimum Gasteiger partial charge on any atom is -0.491 e. The van der Waals surface area contributed by atoms with Crippen molar-refractivity contribution in [1.82, 2.24) is 9.80 Å². The number of carbonyl (C=O) groups is 2. The van der Waals surface area contributed by atoms with Crippen LogP contribution >= 0.6 is 22.9 Å². The molecule has 5 nitrogen and oxygen atoms in total. The molecular formula is C28H30ClFN2O3S. The Morgan fingerprint density at radius 1 is 1.17 bits per heavy atom. The summed E-state index contributed by atoms with van der Waals surface area (Å²) in [6, 6.07) is 14.4. The molecule has 190 valence electrons. The predicted octanol–water partition coefficient (Wildman–Crippen LogP) is 6.23. The van der Waals surface area contributed by atoms with Crippen LogP contribution in [0.2, 0.25) is 5.02 Å². The van der Waals surface area contributed by atoms with E-state index in [1.165, 1.54) is 29.1 Å². The number of benzene rings is 2. The predicted molar refractivity (Wildman–Crippen MR) is 141 cm³/mol. The fraction of sp³-hybridized carbons (Fsp3) is 0.357. The lowest BCUT2D eigenvalue weighted by molar-refractivity contribution is -0.135. The maximum atomic E-state index is 13.7. The molecule has 0 N–H and O–H groups in total. The van der Waals surface area contributed by atoms with Crippen molar-refractivity contribution >= 4 is 34.8 Å². The van der Waals surface area contributed by atoms with E-state index in [0.29, 0.717) is 36.0 Å². The number of carbonyl (C=O) groups excluding carboxylic acids is 2. The molecule has 1 aromatic heterocycles. The van der Waals surface area contributed by atoms with E-state index in [4.69, 9.17) is 16.3 Å². The highest BCUT2D eigenvalue weighted by atomic mass is 35.5. The smallest absolute Gasteiger partial charge is 0.254 e. The number of nitrogens with zero attached hydrogens (tertiary/aromatic N) is 2. The first-order valence-corrected chi connectivity index (χ1v) is 13.4. The van der Waals surface area contributed by atoms with Gasteiger partial charge in [0.2, 0.25) is 5.91 Å². The maximum Gasteiger partial charge on any atom is 0.254 e. The number of hydrogen-bond donors (Lipinski definition) is 0. The highest BCUT2D eigenvalue weighted by Gasteiger charge is 2.34. The topological polar surface area (TPSA) is 49.9 Å². The Balaban J connectivity index is 1.53. The molecule has 2 aromatic carbocycles. The molecule has 4 rings (SSSR count). The van der Waals surface area contributed by atoms with Gasteiger partial charge in [-0.25, -0.2) is 4.39 Å². The quantitative estimate of drug-likeness (QED) is 0.330. The Labute approximate surface area is 220 Å². The number of hydrogen-bond acceptors (Lipinski definition) is 4. The second-order valence-corrected chi connectivity index (χ2v) is 10.6. The number of amides is 2. The number of thiophene rings is 1. The molecule has 1 aliphatic rings. The van der Waals surface area contributed by atoms with Crippen molar-refractivity contribution in [3.63, 3.8) is 0 Å². The van der Waals surface area contributed by atoms with Crippen molar-refractivity contribution in [3.05, 3.63) is 86.8 Å². The fourth-order valence-electron chi connectivity index (χ4n) is 4.33. The minimum absolute atomic E-state index is 0.0442. The summed E-state index contributed by atoms with van der Waals surface area (Å²) in [7, 11) is 0. The van der Waals surface area contributed by atoms with E-state index in [0.717, 1.165) is 18.4 Å². The summed E-state index contributed by atoms with van der Waals surface area (Å²) < 4.78 is 19.5. The van der Waals surface area contributed by atoms with Crippen molar-refractivity contribution in [3.8, 4) is 5.75 Å². The summed E-state index contributed by atoms with van der Waals surface area (Å²) in [6.07, 6.45) is 1.65. The Morgan fingerprint density at radius 3 is 2.58 bits per heavy atom. The molecular weight excluding hydrogens is 499 g/mol. The molecule has 0 saturated carbocycles. The van der Waals surface area contributed by atoms with E-state index in [1.807, 2.05) is 10.3 Å². The molecule has 8 heteroatoms. The highest BCUT2D eigenvalue weighted by molar-refractivity contribution is 7.10. The standard InChI is InChI=1S/C28H30ClFN2O3S/c1-3-19(2)16-31(28(34)20-4-8-22(30)9-5-20)17-27(33)32-14-12-26-24(13-15-36-26)25(32)18-35-23-10-6-21(29)7-11-23/h4-11,13,15,19,25H,3,12,14,16-18H2,1-2H3/t19-,25+/m0/s1. The fourth-order valence-corrected chi connectivity index (χ4v) is 5.39. The van der Waals surface area contributed by atoms with Crippen LogP contribution in [0.25, 0.3) is 0 Å². The van der Waals surface area contributed by atoms with Crippen molar-refractivity contribution in [2.24, 2.45) is 5.92 Å². The Bertz CT molecular complexity index is 1180. The van der Waals surface area contributed by atoms with Gasteiger partial charge in [0.25, 0.3) is 5.91 Å². The van der Waals surface area contributed by atoms with Crippen LogP contribution in [0.3, 0.4) is 0 Å². The van der Waals surface area contributed by atoms with Crippen molar-refractivity contribution in [2.45, 2.75) is 32.7 Å². The van der Waals surface area contributed by atoms with Gasteiger partial charge in [0, 0.05) is 28.6 Å². The third kappa shape index (κ3) is 6.26. The zero-order valence-corrected chi connectivity index (χ0v) is 22.0. The lowest BCUT2D eigenvalue weighted by Crippen LogP contribution is -2.48. The van der Waals surface area contributed by atoms with Gasteiger partial charge in [0.05, 0.1) is 6.04 Å². The van der Waals surface area contributed by atoms with Crippen LogP contribution in [-0.4, -0.2) is 47.9 Å². The molecule has 0 bridgehead atoms. The highest BCUT2D eigenvalue weighted by Crippen LogP contribution is 2.34. The second-order valence-electron chi connectivity index (χ2n) is 9.12. The Hall–Kier alpha value is -2.90. The van der Waals surface area contributed by atoms with Crippen molar-refractivity contribution < 1.29 is 18.7 Å². The summed E-state index contributed by atoms with van der Waals surface area (Å²) >= 11 is 7.68. The van der Waals surface area contributed by atoms with E-state index in [2.05, 4.69) is 19.9 Å². The number of rotatable bonds is 9. The first-order valence-electron chi connectivity index (χ1n) is 12.1. The summed E-state index contributed by atoms with van der Waals surface area (Å²) in [5.41, 5.74) is 1.46. The number of fused-ring (bicyclic) bond motifs is 1. The molecule has 0 saturated heterocycles. The zero-order valence-electron chi connectivity index (χ0n) is 20.5.